The van der Waals surface area contributed by atoms with Crippen molar-refractivity contribution in [2.45, 2.75) is 50.1 Å². The Bertz CT molecular complexity index is 1040. The minimum atomic E-state index is -4.51. The molecule has 2 atom stereocenters. The molecule has 0 aromatic heterocycles. The van der Waals surface area contributed by atoms with E-state index in [-0.39, 0.29) is 36.6 Å². The Balaban J connectivity index is 1.30. The molecule has 2 aliphatic heterocycles. The van der Waals surface area contributed by atoms with Gasteiger partial charge in [0.05, 0.1) is 5.75 Å². The number of carbonyl (C=O) groups is 1. The van der Waals surface area contributed by atoms with Crippen LogP contribution in [0.25, 0.3) is 11.1 Å². The summed E-state index contributed by atoms with van der Waals surface area (Å²) in [7, 11) is -4.51. The van der Waals surface area contributed by atoms with Crippen LogP contribution in [0.4, 0.5) is 8.68 Å². The Morgan fingerprint density at radius 2 is 1.52 bits per heavy atom. The summed E-state index contributed by atoms with van der Waals surface area (Å²) in [6.07, 6.45) is 3.32. The number of nitrogens with zero attached hydrogens (tertiary/aromatic N) is 1. The molecule has 7 heteroatoms. The van der Waals surface area contributed by atoms with Crippen molar-refractivity contribution in [1.82, 2.24) is 4.90 Å². The highest BCUT2D eigenvalue weighted by Crippen LogP contribution is 2.45. The summed E-state index contributed by atoms with van der Waals surface area (Å²) in [5.41, 5.74) is 4.71. The van der Waals surface area contributed by atoms with E-state index in [1.54, 1.807) is 4.90 Å². The van der Waals surface area contributed by atoms with Gasteiger partial charge in [-0.1, -0.05) is 48.5 Å². The Labute approximate surface area is 182 Å². The fraction of sp³-hybridized carbons (Fsp3) is 0.458. The third-order valence-corrected chi connectivity index (χ3v) is 7.92. The summed E-state index contributed by atoms with van der Waals surface area (Å²) >= 11 is 0. The van der Waals surface area contributed by atoms with Gasteiger partial charge in [-0.25, -0.2) is 4.79 Å². The van der Waals surface area contributed by atoms with Gasteiger partial charge in [0.1, 0.15) is 6.61 Å². The zero-order valence-electron chi connectivity index (χ0n) is 17.2. The normalized spacial score (nSPS) is 25.1. The van der Waals surface area contributed by atoms with Crippen molar-refractivity contribution in [2.24, 2.45) is 5.92 Å². The highest BCUT2D eigenvalue weighted by molar-refractivity contribution is 7.86. The van der Waals surface area contributed by atoms with Gasteiger partial charge in [0.15, 0.2) is 0 Å². The molecule has 0 radical (unpaired) electrons. The first-order valence-electron chi connectivity index (χ1n) is 11.0. The van der Waals surface area contributed by atoms with Crippen LogP contribution in [0.1, 0.15) is 49.1 Å². The second kappa shape index (κ2) is 7.93. The van der Waals surface area contributed by atoms with E-state index in [1.165, 1.54) is 22.3 Å². The number of hydrogen-bond donors (Lipinski definition) is 0. The zero-order chi connectivity index (χ0) is 21.6. The molecular formula is C24H26FNO4S. The van der Waals surface area contributed by atoms with Crippen LogP contribution in [0, 0.1) is 5.92 Å². The lowest BCUT2D eigenvalue weighted by molar-refractivity contribution is 0.00839. The van der Waals surface area contributed by atoms with Crippen molar-refractivity contribution >= 4 is 16.3 Å². The number of amides is 1. The Kier molecular flexibility index (Phi) is 5.24. The lowest BCUT2D eigenvalue weighted by Gasteiger charge is -2.47. The van der Waals surface area contributed by atoms with Gasteiger partial charge in [-0.15, -0.1) is 3.89 Å². The average molecular weight is 444 g/mol. The van der Waals surface area contributed by atoms with Crippen LogP contribution >= 0.6 is 0 Å². The molecule has 5 nitrogen and oxygen atoms in total. The van der Waals surface area contributed by atoms with E-state index in [0.717, 1.165) is 19.3 Å². The van der Waals surface area contributed by atoms with E-state index in [0.29, 0.717) is 12.8 Å². The van der Waals surface area contributed by atoms with Crippen molar-refractivity contribution in [1.29, 1.82) is 0 Å². The molecule has 1 aliphatic carbocycles. The smallest absolute Gasteiger partial charge is 0.410 e. The predicted molar refractivity (Wildman–Crippen MR) is 116 cm³/mol. The standard InChI is InChI=1S/C24H26FNO4S/c25-31(28,29)15-16-12-17-6-5-7-18(13-16)26(17)24(27)30-14-23-21-10-3-1-8-19(21)20-9-2-4-11-22(20)23/h1-4,8-11,16-18,23H,5-7,12-15H2. The van der Waals surface area contributed by atoms with Crippen LogP contribution < -0.4 is 0 Å². The first-order chi connectivity index (χ1) is 14.9. The average Bonchev–Trinajstić information content (AvgIpc) is 3.04. The number of benzene rings is 2. The summed E-state index contributed by atoms with van der Waals surface area (Å²) in [6.45, 7) is 0.269. The third-order valence-electron chi connectivity index (χ3n) is 7.05. The molecule has 0 saturated carbocycles. The molecule has 0 spiro atoms. The number of piperidine rings is 2. The summed E-state index contributed by atoms with van der Waals surface area (Å²) in [5, 5.41) is 0. The maximum Gasteiger partial charge on any atom is 0.410 e. The Morgan fingerprint density at radius 1 is 0.968 bits per heavy atom. The van der Waals surface area contributed by atoms with Gasteiger partial charge in [0.2, 0.25) is 0 Å². The van der Waals surface area contributed by atoms with Crippen molar-refractivity contribution < 1.29 is 21.8 Å². The first-order valence-corrected chi connectivity index (χ1v) is 12.5. The van der Waals surface area contributed by atoms with Crippen molar-refractivity contribution in [2.75, 3.05) is 12.4 Å². The van der Waals surface area contributed by atoms with Crippen LogP contribution in [-0.4, -0.2) is 43.9 Å². The highest BCUT2D eigenvalue weighted by Gasteiger charge is 2.43. The van der Waals surface area contributed by atoms with Gasteiger partial charge in [-0.3, -0.25) is 0 Å². The number of hydrogen-bond acceptors (Lipinski definition) is 4. The fourth-order valence-corrected chi connectivity index (χ4v) is 6.71. The minimum absolute atomic E-state index is 0.00501. The first kappa shape index (κ1) is 20.5. The Hall–Kier alpha value is -2.41. The second-order valence-electron chi connectivity index (χ2n) is 8.99. The monoisotopic (exact) mass is 443 g/mol. The van der Waals surface area contributed by atoms with E-state index >= 15 is 0 Å². The van der Waals surface area contributed by atoms with Crippen LogP contribution in [0.3, 0.4) is 0 Å². The summed E-state index contributed by atoms with van der Waals surface area (Å²) in [6, 6.07) is 16.3. The van der Waals surface area contributed by atoms with Crippen LogP contribution in [0.2, 0.25) is 0 Å². The second-order valence-corrected chi connectivity index (χ2v) is 10.4. The third kappa shape index (κ3) is 3.95. The van der Waals surface area contributed by atoms with E-state index in [2.05, 4.69) is 24.3 Å². The summed E-state index contributed by atoms with van der Waals surface area (Å²) < 4.78 is 41.3. The van der Waals surface area contributed by atoms with E-state index in [4.69, 9.17) is 4.74 Å². The van der Waals surface area contributed by atoms with Gasteiger partial charge < -0.3 is 9.64 Å². The lowest BCUT2D eigenvalue weighted by Crippen LogP contribution is -2.55. The molecule has 2 unspecified atom stereocenters. The number of rotatable bonds is 4. The maximum atomic E-state index is 13.2. The van der Waals surface area contributed by atoms with Gasteiger partial charge >= 0.3 is 16.3 Å². The molecule has 31 heavy (non-hydrogen) atoms. The molecule has 0 N–H and O–H groups in total. The van der Waals surface area contributed by atoms with Gasteiger partial charge in [0, 0.05) is 18.0 Å². The van der Waals surface area contributed by atoms with Gasteiger partial charge in [-0.05, 0) is 60.3 Å². The zero-order valence-corrected chi connectivity index (χ0v) is 18.1. The van der Waals surface area contributed by atoms with Crippen molar-refractivity contribution in [3.63, 3.8) is 0 Å². The summed E-state index contributed by atoms with van der Waals surface area (Å²) in [5.74, 6) is -0.674. The predicted octanol–water partition coefficient (Wildman–Crippen LogP) is 4.87. The molecule has 2 bridgehead atoms. The highest BCUT2D eigenvalue weighted by atomic mass is 32.3. The SMILES string of the molecule is O=C(OCC1c2ccccc2-c2ccccc21)N1C2CCCC1CC(CS(=O)(=O)F)C2. The van der Waals surface area contributed by atoms with Crippen molar-refractivity contribution in [3.8, 4) is 11.1 Å². The molecule has 164 valence electrons. The number of ether oxygens (including phenoxy) is 1. The quantitative estimate of drug-likeness (QED) is 0.633. The number of fused-ring (bicyclic) bond motifs is 5. The number of halogens is 1. The molecular weight excluding hydrogens is 417 g/mol. The lowest BCUT2D eigenvalue weighted by atomic mass is 9.79. The van der Waals surface area contributed by atoms with E-state index in [9.17, 15) is 17.1 Å². The molecule has 2 saturated heterocycles. The minimum Gasteiger partial charge on any atom is -0.448 e. The largest absolute Gasteiger partial charge is 0.448 e. The molecule has 1 amide bonds. The maximum absolute atomic E-state index is 13.2. The molecule has 2 aromatic rings. The van der Waals surface area contributed by atoms with E-state index < -0.39 is 16.0 Å². The van der Waals surface area contributed by atoms with Crippen LogP contribution in [-0.2, 0) is 15.0 Å². The fourth-order valence-electron chi connectivity index (χ4n) is 5.88. The molecule has 2 heterocycles. The van der Waals surface area contributed by atoms with Crippen LogP contribution in [0.15, 0.2) is 48.5 Å². The van der Waals surface area contributed by atoms with Crippen molar-refractivity contribution in [3.05, 3.63) is 59.7 Å². The van der Waals surface area contributed by atoms with E-state index in [1.807, 2.05) is 24.3 Å². The Morgan fingerprint density at radius 3 is 2.06 bits per heavy atom. The van der Waals surface area contributed by atoms with Gasteiger partial charge in [0.25, 0.3) is 0 Å². The van der Waals surface area contributed by atoms with Crippen LogP contribution in [0.5, 0.6) is 0 Å². The van der Waals surface area contributed by atoms with Gasteiger partial charge in [-0.2, -0.15) is 8.42 Å². The summed E-state index contributed by atoms with van der Waals surface area (Å²) in [4.78, 5) is 14.9. The molecule has 2 aromatic carbocycles. The number of carbonyl (C=O) groups excluding carboxylic acids is 1. The molecule has 3 aliphatic rings. The molecule has 5 rings (SSSR count). The topological polar surface area (TPSA) is 63.7 Å². The molecule has 2 fully saturated rings.